The van der Waals surface area contributed by atoms with Crippen LogP contribution in [0.15, 0.2) is 46.1 Å². The minimum absolute atomic E-state index is 0.0399. The van der Waals surface area contributed by atoms with Crippen LogP contribution in [0, 0.1) is 0 Å². The Morgan fingerprint density at radius 2 is 1.60 bits per heavy atom. The van der Waals surface area contributed by atoms with E-state index in [9.17, 15) is 9.59 Å². The third kappa shape index (κ3) is 5.03. The highest BCUT2D eigenvalue weighted by atomic mass is 79.9. The maximum absolute atomic E-state index is 13.5. The number of ketones is 1. The average molecular weight is 544 g/mol. The number of Topliss-reactive ketones (excluding diaryl/α,β-unsaturated/α-hetero) is 1. The van der Waals surface area contributed by atoms with Crippen LogP contribution in [-0.4, -0.2) is 39.1 Å². The molecule has 4 rings (SSSR count). The molecule has 1 aliphatic heterocycles. The molecule has 2 aromatic rings. The number of carbonyl (C=O) groups is 2. The van der Waals surface area contributed by atoms with Gasteiger partial charge in [-0.25, -0.2) is 0 Å². The fraction of sp³-hybridized carbons (Fsp3) is 0.407. The monoisotopic (exact) mass is 543 g/mol. The Balaban J connectivity index is 1.70. The lowest BCUT2D eigenvalue weighted by Gasteiger charge is -2.35. The summed E-state index contributed by atoms with van der Waals surface area (Å²) < 4.78 is 23.1. The molecule has 2 aliphatic rings. The van der Waals surface area contributed by atoms with Gasteiger partial charge in [0.15, 0.2) is 28.8 Å². The Bertz CT molecular complexity index is 1170. The second-order valence-electron chi connectivity index (χ2n) is 8.54. The van der Waals surface area contributed by atoms with Gasteiger partial charge in [0.1, 0.15) is 0 Å². The van der Waals surface area contributed by atoms with Gasteiger partial charge in [0, 0.05) is 30.0 Å². The first kappa shape index (κ1) is 25.1. The fourth-order valence-electron chi connectivity index (χ4n) is 4.92. The van der Waals surface area contributed by atoms with Gasteiger partial charge in [-0.15, -0.1) is 0 Å². The Kier molecular flexibility index (Phi) is 7.69. The molecule has 35 heavy (non-hydrogen) atoms. The number of nitrogens with one attached hydrogen (secondary N) is 1. The molecule has 1 amide bonds. The summed E-state index contributed by atoms with van der Waals surface area (Å²) >= 11 is 3.57. The molecule has 2 unspecified atom stereocenters. The highest BCUT2D eigenvalue weighted by Gasteiger charge is 2.39. The molecule has 2 atom stereocenters. The fourth-order valence-corrected chi connectivity index (χ4v) is 5.49. The molecule has 0 saturated heterocycles. The quantitative estimate of drug-likeness (QED) is 0.488. The first-order chi connectivity index (χ1) is 16.9. The number of benzene rings is 2. The van der Waals surface area contributed by atoms with Crippen molar-refractivity contribution in [1.29, 1.82) is 0 Å². The Hall–Kier alpha value is -3.00. The molecule has 0 fully saturated rings. The summed E-state index contributed by atoms with van der Waals surface area (Å²) in [6.45, 7) is 4.85. The van der Waals surface area contributed by atoms with Crippen LogP contribution in [0.25, 0.3) is 0 Å². The standard InChI is InChI=1S/C27H30BrNO6/c1-5-34-22-8-7-15(12-23(22)32-3)16-10-20-26(21(30)11-16)18(14-25(31)29-20)17-9-19(28)27(35-6-2)24(13-17)33-4/h7-9,12-13,16,18H,5-6,10-11,14H2,1-4H3,(H,29,31). The molecule has 0 spiro atoms. The lowest BCUT2D eigenvalue weighted by Crippen LogP contribution is -2.38. The summed E-state index contributed by atoms with van der Waals surface area (Å²) in [5.41, 5.74) is 3.20. The zero-order valence-corrected chi connectivity index (χ0v) is 22.0. The van der Waals surface area contributed by atoms with E-state index in [4.69, 9.17) is 18.9 Å². The second kappa shape index (κ2) is 10.7. The van der Waals surface area contributed by atoms with Crippen molar-refractivity contribution in [3.05, 3.63) is 57.2 Å². The van der Waals surface area contributed by atoms with Crippen LogP contribution in [0.1, 0.15) is 56.1 Å². The number of hydrogen-bond donors (Lipinski definition) is 1. The highest BCUT2D eigenvalue weighted by Crippen LogP contribution is 2.46. The number of halogens is 1. The van der Waals surface area contributed by atoms with Crippen molar-refractivity contribution in [2.75, 3.05) is 27.4 Å². The second-order valence-corrected chi connectivity index (χ2v) is 9.39. The lowest BCUT2D eigenvalue weighted by molar-refractivity contribution is -0.122. The van der Waals surface area contributed by atoms with Crippen LogP contribution >= 0.6 is 15.9 Å². The zero-order chi connectivity index (χ0) is 25.1. The molecule has 1 N–H and O–H groups in total. The molecular formula is C27H30BrNO6. The Morgan fingerprint density at radius 3 is 2.29 bits per heavy atom. The molecule has 1 heterocycles. The van der Waals surface area contributed by atoms with E-state index < -0.39 is 0 Å². The number of methoxy groups -OCH3 is 2. The number of hydrogen-bond acceptors (Lipinski definition) is 6. The molecule has 0 saturated carbocycles. The SMILES string of the molecule is CCOc1ccc(C2CC(=O)C3=C(C2)NC(=O)CC3c2cc(Br)c(OCC)c(OC)c2)cc1OC. The molecule has 8 heteroatoms. The van der Waals surface area contributed by atoms with Gasteiger partial charge < -0.3 is 24.3 Å². The van der Waals surface area contributed by atoms with Crippen LogP contribution in [0.5, 0.6) is 23.0 Å². The van der Waals surface area contributed by atoms with Gasteiger partial charge in [-0.1, -0.05) is 6.07 Å². The molecule has 0 aromatic heterocycles. The normalized spacial score (nSPS) is 19.7. The Labute approximate surface area is 213 Å². The van der Waals surface area contributed by atoms with E-state index in [1.165, 1.54) is 0 Å². The van der Waals surface area contributed by atoms with Crippen molar-refractivity contribution < 1.29 is 28.5 Å². The molecule has 1 aliphatic carbocycles. The summed E-state index contributed by atoms with van der Waals surface area (Å²) in [6.07, 6.45) is 1.13. The summed E-state index contributed by atoms with van der Waals surface area (Å²) in [4.78, 5) is 26.2. The molecule has 7 nitrogen and oxygen atoms in total. The minimum atomic E-state index is -0.344. The lowest BCUT2D eigenvalue weighted by atomic mass is 9.73. The number of rotatable bonds is 8. The largest absolute Gasteiger partial charge is 0.493 e. The summed E-state index contributed by atoms with van der Waals surface area (Å²) in [6, 6.07) is 9.54. The van der Waals surface area contributed by atoms with Crippen molar-refractivity contribution >= 4 is 27.6 Å². The van der Waals surface area contributed by atoms with Crippen molar-refractivity contribution in [3.63, 3.8) is 0 Å². The predicted octanol–water partition coefficient (Wildman–Crippen LogP) is 5.27. The highest BCUT2D eigenvalue weighted by molar-refractivity contribution is 9.10. The number of carbonyl (C=O) groups excluding carboxylic acids is 2. The smallest absolute Gasteiger partial charge is 0.225 e. The van der Waals surface area contributed by atoms with Crippen LogP contribution in [0.4, 0.5) is 0 Å². The van der Waals surface area contributed by atoms with Gasteiger partial charge in [-0.05, 0) is 77.5 Å². The maximum Gasteiger partial charge on any atom is 0.225 e. The van der Waals surface area contributed by atoms with Crippen LogP contribution in [0.2, 0.25) is 0 Å². The van der Waals surface area contributed by atoms with E-state index in [0.717, 1.165) is 15.6 Å². The summed E-state index contributed by atoms with van der Waals surface area (Å²) in [5, 5.41) is 2.98. The van der Waals surface area contributed by atoms with E-state index in [1.807, 2.05) is 44.2 Å². The van der Waals surface area contributed by atoms with E-state index in [-0.39, 0.29) is 29.9 Å². The minimum Gasteiger partial charge on any atom is -0.493 e. The van der Waals surface area contributed by atoms with Crippen molar-refractivity contribution in [2.45, 2.75) is 44.9 Å². The summed E-state index contributed by atoms with van der Waals surface area (Å²) in [5.74, 6) is 2.00. The van der Waals surface area contributed by atoms with Gasteiger partial charge in [0.05, 0.1) is 31.9 Å². The summed E-state index contributed by atoms with van der Waals surface area (Å²) in [7, 11) is 3.18. The molecule has 0 bridgehead atoms. The van der Waals surface area contributed by atoms with Crippen LogP contribution < -0.4 is 24.3 Å². The van der Waals surface area contributed by atoms with E-state index >= 15 is 0 Å². The predicted molar refractivity (Wildman–Crippen MR) is 136 cm³/mol. The first-order valence-corrected chi connectivity index (χ1v) is 12.6. The van der Waals surface area contributed by atoms with Gasteiger partial charge >= 0.3 is 0 Å². The van der Waals surface area contributed by atoms with Gasteiger partial charge in [-0.2, -0.15) is 0 Å². The molecule has 186 valence electrons. The van der Waals surface area contributed by atoms with Gasteiger partial charge in [-0.3, -0.25) is 9.59 Å². The molecular weight excluding hydrogens is 514 g/mol. The van der Waals surface area contributed by atoms with Crippen molar-refractivity contribution in [1.82, 2.24) is 5.32 Å². The van der Waals surface area contributed by atoms with Crippen LogP contribution in [-0.2, 0) is 9.59 Å². The number of amides is 1. The van der Waals surface area contributed by atoms with Gasteiger partial charge in [0.2, 0.25) is 5.91 Å². The number of allylic oxidation sites excluding steroid dienone is 2. The zero-order valence-electron chi connectivity index (χ0n) is 20.4. The van der Waals surface area contributed by atoms with Gasteiger partial charge in [0.25, 0.3) is 0 Å². The average Bonchev–Trinajstić information content (AvgIpc) is 2.84. The molecule has 0 radical (unpaired) electrons. The Morgan fingerprint density at radius 1 is 0.886 bits per heavy atom. The van der Waals surface area contributed by atoms with E-state index in [1.54, 1.807) is 14.2 Å². The van der Waals surface area contributed by atoms with Crippen molar-refractivity contribution in [2.24, 2.45) is 0 Å². The van der Waals surface area contributed by atoms with Crippen LogP contribution in [0.3, 0.4) is 0 Å². The maximum atomic E-state index is 13.5. The third-order valence-electron chi connectivity index (χ3n) is 6.44. The topological polar surface area (TPSA) is 83.1 Å². The number of ether oxygens (including phenoxy) is 4. The van der Waals surface area contributed by atoms with Crippen molar-refractivity contribution in [3.8, 4) is 23.0 Å². The van der Waals surface area contributed by atoms with E-state index in [0.29, 0.717) is 60.3 Å². The third-order valence-corrected chi connectivity index (χ3v) is 7.03. The first-order valence-electron chi connectivity index (χ1n) is 11.8. The van der Waals surface area contributed by atoms with E-state index in [2.05, 4.69) is 21.2 Å². The molecule has 2 aromatic carbocycles.